The van der Waals surface area contributed by atoms with Crippen LogP contribution in [0.3, 0.4) is 0 Å². The molecule has 3 heterocycles. The van der Waals surface area contributed by atoms with E-state index < -0.39 is 6.61 Å². The van der Waals surface area contributed by atoms with Crippen molar-refractivity contribution in [2.45, 2.75) is 70.6 Å². The van der Waals surface area contributed by atoms with Crippen molar-refractivity contribution in [1.29, 1.82) is 0 Å². The Kier molecular flexibility index (Phi) is 6.73. The molecule has 0 bridgehead atoms. The maximum Gasteiger partial charge on any atom is 0.388 e. The quantitative estimate of drug-likeness (QED) is 0.361. The summed E-state index contributed by atoms with van der Waals surface area (Å²) in [6, 6.07) is 1.46. The van der Waals surface area contributed by atoms with Gasteiger partial charge >= 0.3 is 6.61 Å². The van der Waals surface area contributed by atoms with Crippen LogP contribution in [0.4, 0.5) is 25.5 Å². The van der Waals surface area contributed by atoms with Crippen molar-refractivity contribution < 1.29 is 23.1 Å². The van der Waals surface area contributed by atoms with E-state index in [0.717, 1.165) is 49.0 Å². The highest BCUT2D eigenvalue weighted by Gasteiger charge is 2.36. The predicted octanol–water partition coefficient (Wildman–Crippen LogP) is 4.02. The molecule has 208 valence electrons. The van der Waals surface area contributed by atoms with Gasteiger partial charge in [-0.25, -0.2) is 4.68 Å². The van der Waals surface area contributed by atoms with Gasteiger partial charge in [-0.05, 0) is 56.4 Å². The number of thiophene rings is 1. The van der Waals surface area contributed by atoms with Crippen molar-refractivity contribution in [2.75, 3.05) is 10.6 Å². The second kappa shape index (κ2) is 10.2. The van der Waals surface area contributed by atoms with Crippen LogP contribution in [0.15, 0.2) is 12.4 Å². The normalized spacial score (nSPS) is 22.2. The molecule has 0 aromatic carbocycles. The van der Waals surface area contributed by atoms with Gasteiger partial charge in [0.15, 0.2) is 0 Å². The number of aromatic nitrogens is 5. The van der Waals surface area contributed by atoms with E-state index in [4.69, 9.17) is 0 Å². The van der Waals surface area contributed by atoms with Crippen LogP contribution in [0.2, 0.25) is 0 Å². The first kappa shape index (κ1) is 25.7. The van der Waals surface area contributed by atoms with Gasteiger partial charge in [-0.3, -0.25) is 14.2 Å². The molecular formula is C25H30F2N8O3S. The molecule has 2 saturated carbocycles. The lowest BCUT2D eigenvalue weighted by Crippen LogP contribution is -2.43. The lowest BCUT2D eigenvalue weighted by atomic mass is 9.81. The summed E-state index contributed by atoms with van der Waals surface area (Å²) in [5.41, 5.74) is 1.51. The number of aryl methyl sites for hydroxylation is 2. The number of nitrogens with zero attached hydrogens (tertiary/aromatic N) is 5. The third-order valence-corrected chi connectivity index (χ3v) is 8.84. The summed E-state index contributed by atoms with van der Waals surface area (Å²) in [7, 11) is 1.60. The Bertz CT molecular complexity index is 1390. The molecular weight excluding hydrogens is 530 g/mol. The Morgan fingerprint density at radius 3 is 2.74 bits per heavy atom. The summed E-state index contributed by atoms with van der Waals surface area (Å²) >= 11 is 1.50. The SMILES string of the molecule is CC1CC(NC(=O)c2c(NC(=O)C3CC3)sc3c2C[C@@H](n2cnnc2Nc2cc(OC(F)F)nn2C)CC3)C1. The molecule has 1 atom stereocenters. The predicted molar refractivity (Wildman–Crippen MR) is 140 cm³/mol. The number of ether oxygens (including phenoxy) is 1. The Morgan fingerprint density at radius 1 is 1.23 bits per heavy atom. The van der Waals surface area contributed by atoms with E-state index in [9.17, 15) is 18.4 Å². The van der Waals surface area contributed by atoms with E-state index in [-0.39, 0.29) is 35.7 Å². The van der Waals surface area contributed by atoms with Crippen molar-refractivity contribution in [3.63, 3.8) is 0 Å². The Labute approximate surface area is 227 Å². The molecule has 3 aliphatic carbocycles. The third-order valence-electron chi connectivity index (χ3n) is 7.63. The molecule has 11 nitrogen and oxygen atoms in total. The topological polar surface area (TPSA) is 128 Å². The average Bonchev–Trinajstić information content (AvgIpc) is 3.38. The maximum atomic E-state index is 13.5. The van der Waals surface area contributed by atoms with Gasteiger partial charge in [-0.1, -0.05) is 6.92 Å². The van der Waals surface area contributed by atoms with Crippen LogP contribution in [0.5, 0.6) is 5.88 Å². The highest BCUT2D eigenvalue weighted by Crippen LogP contribution is 2.43. The fourth-order valence-electron chi connectivity index (χ4n) is 5.39. The largest absolute Gasteiger partial charge is 0.415 e. The first-order valence-corrected chi connectivity index (χ1v) is 14.0. The van der Waals surface area contributed by atoms with Crippen LogP contribution in [0, 0.1) is 11.8 Å². The van der Waals surface area contributed by atoms with Gasteiger partial charge in [0, 0.05) is 36.0 Å². The summed E-state index contributed by atoms with van der Waals surface area (Å²) in [6.07, 6.45) is 7.38. The van der Waals surface area contributed by atoms with Crippen molar-refractivity contribution in [3.05, 3.63) is 28.4 Å². The molecule has 0 radical (unpaired) electrons. The van der Waals surface area contributed by atoms with E-state index in [2.05, 4.69) is 42.9 Å². The fourth-order valence-corrected chi connectivity index (χ4v) is 6.63. The van der Waals surface area contributed by atoms with Crippen molar-refractivity contribution in [3.8, 4) is 5.88 Å². The van der Waals surface area contributed by atoms with E-state index in [0.29, 0.717) is 34.7 Å². The highest BCUT2D eigenvalue weighted by atomic mass is 32.1. The number of halogens is 2. The van der Waals surface area contributed by atoms with Crippen LogP contribution in [-0.2, 0) is 24.7 Å². The minimum Gasteiger partial charge on any atom is -0.415 e. The molecule has 39 heavy (non-hydrogen) atoms. The number of hydrogen-bond acceptors (Lipinski definition) is 8. The van der Waals surface area contributed by atoms with E-state index in [1.54, 1.807) is 13.4 Å². The monoisotopic (exact) mass is 560 g/mol. The molecule has 0 spiro atoms. The van der Waals surface area contributed by atoms with Crippen LogP contribution in [0.25, 0.3) is 0 Å². The number of rotatable bonds is 9. The van der Waals surface area contributed by atoms with Gasteiger partial charge in [0.2, 0.25) is 17.7 Å². The highest BCUT2D eigenvalue weighted by molar-refractivity contribution is 7.17. The smallest absolute Gasteiger partial charge is 0.388 e. The van der Waals surface area contributed by atoms with Crippen molar-refractivity contribution in [2.24, 2.45) is 18.9 Å². The summed E-state index contributed by atoms with van der Waals surface area (Å²) in [6.45, 7) is -0.805. The number of anilines is 3. The lowest BCUT2D eigenvalue weighted by Gasteiger charge is -2.33. The van der Waals surface area contributed by atoms with Crippen LogP contribution < -0.4 is 20.7 Å². The third kappa shape index (κ3) is 5.34. The Balaban J connectivity index is 1.25. The van der Waals surface area contributed by atoms with E-state index in [1.807, 2.05) is 4.57 Å². The first-order chi connectivity index (χ1) is 18.7. The molecule has 14 heteroatoms. The second-order valence-electron chi connectivity index (χ2n) is 10.7. The number of carbonyl (C=O) groups is 2. The van der Waals surface area contributed by atoms with Gasteiger partial charge in [-0.2, -0.15) is 8.78 Å². The molecule has 6 rings (SSSR count). The zero-order chi connectivity index (χ0) is 27.3. The summed E-state index contributed by atoms with van der Waals surface area (Å²) < 4.78 is 32.9. The number of carbonyl (C=O) groups excluding carboxylic acids is 2. The molecule has 0 saturated heterocycles. The molecule has 2 fully saturated rings. The molecule has 0 unspecified atom stereocenters. The number of hydrogen-bond donors (Lipinski definition) is 3. The molecule has 3 N–H and O–H groups in total. The van der Waals surface area contributed by atoms with Crippen LogP contribution in [-0.4, -0.2) is 49.0 Å². The van der Waals surface area contributed by atoms with Crippen molar-refractivity contribution >= 4 is 39.9 Å². The van der Waals surface area contributed by atoms with E-state index >= 15 is 0 Å². The van der Waals surface area contributed by atoms with E-state index in [1.165, 1.54) is 22.1 Å². The summed E-state index contributed by atoms with van der Waals surface area (Å²) in [5, 5.41) is 22.1. The number of fused-ring (bicyclic) bond motifs is 1. The number of alkyl halides is 2. The Hall–Kier alpha value is -3.55. The minimum atomic E-state index is -2.98. The molecule has 3 aromatic rings. The zero-order valence-corrected chi connectivity index (χ0v) is 22.4. The zero-order valence-electron chi connectivity index (χ0n) is 21.6. The lowest BCUT2D eigenvalue weighted by molar-refractivity contribution is -0.117. The fraction of sp³-hybridized carbons (Fsp3) is 0.560. The molecule has 2 amide bonds. The number of amides is 2. The molecule has 3 aromatic heterocycles. The first-order valence-electron chi connectivity index (χ1n) is 13.2. The van der Waals surface area contributed by atoms with Gasteiger partial charge < -0.3 is 20.7 Å². The summed E-state index contributed by atoms with van der Waals surface area (Å²) in [5.74, 6) is 1.09. The van der Waals surface area contributed by atoms with Gasteiger partial charge in [0.1, 0.15) is 17.1 Å². The van der Waals surface area contributed by atoms with Crippen LogP contribution in [0.1, 0.15) is 65.9 Å². The molecule has 0 aliphatic heterocycles. The average molecular weight is 561 g/mol. The van der Waals surface area contributed by atoms with Crippen molar-refractivity contribution in [1.82, 2.24) is 29.9 Å². The van der Waals surface area contributed by atoms with Gasteiger partial charge in [0.05, 0.1) is 5.56 Å². The van der Waals surface area contributed by atoms with Crippen LogP contribution >= 0.6 is 11.3 Å². The second-order valence-corrected chi connectivity index (χ2v) is 11.8. The number of nitrogens with one attached hydrogen (secondary N) is 3. The summed E-state index contributed by atoms with van der Waals surface area (Å²) in [4.78, 5) is 27.3. The molecule has 3 aliphatic rings. The minimum absolute atomic E-state index is 0.0203. The van der Waals surface area contributed by atoms with Gasteiger partial charge in [-0.15, -0.1) is 26.6 Å². The Morgan fingerprint density at radius 2 is 2.03 bits per heavy atom. The van der Waals surface area contributed by atoms with Gasteiger partial charge in [0.25, 0.3) is 5.91 Å². The maximum absolute atomic E-state index is 13.5. The standard InChI is InChI=1S/C25H30F2N8O3S/c1-12-7-14(8-12)29-22(37)20-16-9-15(5-6-17(16)39-23(20)31-21(36)13-3-4-13)35-11-28-32-25(35)30-18-10-19(33-34(18)2)38-24(26)27/h10-15,24H,3-9H2,1-2H3,(H,29,37)(H,30,32)(H,31,36)/t12?,14?,15-/m0/s1.